The van der Waals surface area contributed by atoms with Crippen molar-refractivity contribution in [3.8, 4) is 6.07 Å². The van der Waals surface area contributed by atoms with Crippen molar-refractivity contribution in [2.45, 2.75) is 32.0 Å². The number of aromatic amines is 1. The molecule has 0 saturated heterocycles. The Labute approximate surface area is 135 Å². The van der Waals surface area contributed by atoms with Gasteiger partial charge < -0.3 is 9.72 Å². The Hall–Kier alpha value is -2.57. The molecule has 1 unspecified atom stereocenters. The van der Waals surface area contributed by atoms with Crippen LogP contribution < -0.4 is 0 Å². The molecule has 1 N–H and O–H groups in total. The molecule has 23 heavy (non-hydrogen) atoms. The molecule has 4 rings (SSSR count). The first kappa shape index (κ1) is 14.0. The van der Waals surface area contributed by atoms with E-state index in [1.54, 1.807) is 0 Å². The van der Waals surface area contributed by atoms with Gasteiger partial charge in [0, 0.05) is 23.0 Å². The second kappa shape index (κ2) is 5.91. The molecule has 0 amide bonds. The third-order valence-electron chi connectivity index (χ3n) is 4.60. The average Bonchev–Trinajstić information content (AvgIpc) is 2.98. The number of hydrogen-bond donors (Lipinski definition) is 1. The van der Waals surface area contributed by atoms with E-state index in [1.807, 2.05) is 36.4 Å². The van der Waals surface area contributed by atoms with Crippen molar-refractivity contribution in [3.63, 3.8) is 0 Å². The van der Waals surface area contributed by atoms with Crippen molar-refractivity contribution in [1.82, 2.24) is 4.98 Å². The van der Waals surface area contributed by atoms with Crippen LogP contribution in [0.1, 0.15) is 28.8 Å². The molecule has 1 aromatic heterocycles. The third-order valence-corrected chi connectivity index (χ3v) is 4.60. The van der Waals surface area contributed by atoms with Gasteiger partial charge in [-0.05, 0) is 42.2 Å². The van der Waals surface area contributed by atoms with E-state index in [9.17, 15) is 0 Å². The Morgan fingerprint density at radius 1 is 1.17 bits per heavy atom. The van der Waals surface area contributed by atoms with Crippen LogP contribution in [0.25, 0.3) is 10.9 Å². The van der Waals surface area contributed by atoms with Crippen molar-refractivity contribution in [3.05, 3.63) is 70.9 Å². The summed E-state index contributed by atoms with van der Waals surface area (Å²) in [5, 5.41) is 10.3. The van der Waals surface area contributed by atoms with Crippen LogP contribution in [0.4, 0.5) is 0 Å². The number of nitrogens with zero attached hydrogens (tertiary/aromatic N) is 1. The topological polar surface area (TPSA) is 48.8 Å². The summed E-state index contributed by atoms with van der Waals surface area (Å²) < 4.78 is 6.12. The number of hydrogen-bond acceptors (Lipinski definition) is 2. The number of nitrogens with one attached hydrogen (secondary N) is 1. The van der Waals surface area contributed by atoms with Gasteiger partial charge in [-0.2, -0.15) is 5.26 Å². The molecule has 3 aromatic rings. The van der Waals surface area contributed by atoms with Crippen LogP contribution in [0.2, 0.25) is 0 Å². The van der Waals surface area contributed by atoms with Crippen LogP contribution in [0.5, 0.6) is 0 Å². The van der Waals surface area contributed by atoms with Crippen molar-refractivity contribution in [2.24, 2.45) is 0 Å². The van der Waals surface area contributed by atoms with E-state index >= 15 is 0 Å². The standard InChI is InChI=1S/C20H18N2O/c21-12-15-6-8-19-17(10-15)18-11-16(7-9-20(18)22-19)23-13-14-4-2-1-3-5-14/h1-6,8,10,16,22H,7,9,11,13H2. The fraction of sp³-hybridized carbons (Fsp3) is 0.250. The fourth-order valence-corrected chi connectivity index (χ4v) is 3.39. The van der Waals surface area contributed by atoms with Gasteiger partial charge in [-0.15, -0.1) is 0 Å². The Kier molecular flexibility index (Phi) is 3.61. The lowest BCUT2D eigenvalue weighted by Gasteiger charge is -2.23. The van der Waals surface area contributed by atoms with Crippen LogP contribution in [-0.2, 0) is 24.2 Å². The maximum absolute atomic E-state index is 9.12. The van der Waals surface area contributed by atoms with Crippen LogP contribution >= 0.6 is 0 Å². The number of benzene rings is 2. The first-order valence-electron chi connectivity index (χ1n) is 8.02. The van der Waals surface area contributed by atoms with E-state index in [0.717, 1.165) is 24.8 Å². The lowest BCUT2D eigenvalue weighted by Crippen LogP contribution is -2.22. The predicted molar refractivity (Wildman–Crippen MR) is 90.1 cm³/mol. The van der Waals surface area contributed by atoms with E-state index in [2.05, 4.69) is 23.2 Å². The van der Waals surface area contributed by atoms with E-state index in [1.165, 1.54) is 22.2 Å². The highest BCUT2D eigenvalue weighted by Crippen LogP contribution is 2.31. The second-order valence-corrected chi connectivity index (χ2v) is 6.12. The predicted octanol–water partition coefficient (Wildman–Crippen LogP) is 4.11. The molecule has 0 bridgehead atoms. The Balaban J connectivity index is 1.55. The lowest BCUT2D eigenvalue weighted by molar-refractivity contribution is 0.0320. The van der Waals surface area contributed by atoms with Gasteiger partial charge in [-0.1, -0.05) is 30.3 Å². The number of nitriles is 1. The van der Waals surface area contributed by atoms with Crippen LogP contribution in [0.15, 0.2) is 48.5 Å². The second-order valence-electron chi connectivity index (χ2n) is 6.12. The van der Waals surface area contributed by atoms with Crippen molar-refractivity contribution in [2.75, 3.05) is 0 Å². The number of aryl methyl sites for hydroxylation is 1. The highest BCUT2D eigenvalue weighted by molar-refractivity contribution is 5.86. The van der Waals surface area contributed by atoms with Gasteiger partial charge in [-0.3, -0.25) is 0 Å². The normalized spacial score (nSPS) is 16.9. The summed E-state index contributed by atoms with van der Waals surface area (Å²) in [6.45, 7) is 0.659. The summed E-state index contributed by atoms with van der Waals surface area (Å²) in [6.07, 6.45) is 3.20. The SMILES string of the molecule is N#Cc1ccc2[nH]c3c(c2c1)CC(OCc1ccccc1)CC3. The summed E-state index contributed by atoms with van der Waals surface area (Å²) >= 11 is 0. The summed E-state index contributed by atoms with van der Waals surface area (Å²) in [5.41, 5.74) is 5.67. The van der Waals surface area contributed by atoms with Gasteiger partial charge in [0.05, 0.1) is 24.3 Å². The fourth-order valence-electron chi connectivity index (χ4n) is 3.39. The Morgan fingerprint density at radius 3 is 2.87 bits per heavy atom. The highest BCUT2D eigenvalue weighted by Gasteiger charge is 2.23. The first-order chi connectivity index (χ1) is 11.3. The molecule has 1 heterocycles. The molecule has 1 atom stereocenters. The molecule has 3 nitrogen and oxygen atoms in total. The average molecular weight is 302 g/mol. The van der Waals surface area contributed by atoms with Gasteiger partial charge in [0.1, 0.15) is 0 Å². The number of ether oxygens (including phenoxy) is 1. The summed E-state index contributed by atoms with van der Waals surface area (Å²) in [6, 6.07) is 18.4. The largest absolute Gasteiger partial charge is 0.373 e. The zero-order chi connectivity index (χ0) is 15.6. The quantitative estimate of drug-likeness (QED) is 0.791. The van der Waals surface area contributed by atoms with E-state index < -0.39 is 0 Å². The van der Waals surface area contributed by atoms with Crippen molar-refractivity contribution < 1.29 is 4.74 Å². The molecule has 114 valence electrons. The molecule has 0 saturated carbocycles. The molecular formula is C20H18N2O. The number of fused-ring (bicyclic) bond motifs is 3. The Bertz CT molecular complexity index is 874. The smallest absolute Gasteiger partial charge is 0.0991 e. The summed E-state index contributed by atoms with van der Waals surface area (Å²) in [7, 11) is 0. The summed E-state index contributed by atoms with van der Waals surface area (Å²) in [5.74, 6) is 0. The van der Waals surface area contributed by atoms with Gasteiger partial charge >= 0.3 is 0 Å². The van der Waals surface area contributed by atoms with Gasteiger partial charge in [-0.25, -0.2) is 0 Å². The summed E-state index contributed by atoms with van der Waals surface area (Å²) in [4.78, 5) is 3.50. The molecule has 0 radical (unpaired) electrons. The van der Waals surface area contributed by atoms with Gasteiger partial charge in [0.25, 0.3) is 0 Å². The molecule has 0 fully saturated rings. The van der Waals surface area contributed by atoms with Crippen LogP contribution in [-0.4, -0.2) is 11.1 Å². The molecule has 0 spiro atoms. The maximum Gasteiger partial charge on any atom is 0.0991 e. The monoisotopic (exact) mass is 302 g/mol. The van der Waals surface area contributed by atoms with E-state index in [-0.39, 0.29) is 6.10 Å². The zero-order valence-corrected chi connectivity index (χ0v) is 12.9. The molecule has 3 heteroatoms. The molecule has 2 aromatic carbocycles. The van der Waals surface area contributed by atoms with Gasteiger partial charge in [0.15, 0.2) is 0 Å². The van der Waals surface area contributed by atoms with Gasteiger partial charge in [0.2, 0.25) is 0 Å². The third kappa shape index (κ3) is 2.74. The number of H-pyrrole nitrogens is 1. The van der Waals surface area contributed by atoms with Crippen molar-refractivity contribution >= 4 is 10.9 Å². The molecule has 0 aliphatic heterocycles. The zero-order valence-electron chi connectivity index (χ0n) is 12.9. The Morgan fingerprint density at radius 2 is 2.04 bits per heavy atom. The lowest BCUT2D eigenvalue weighted by atomic mass is 9.93. The molecule has 1 aliphatic rings. The minimum atomic E-state index is 0.243. The van der Waals surface area contributed by atoms with Crippen molar-refractivity contribution in [1.29, 1.82) is 5.26 Å². The first-order valence-corrected chi connectivity index (χ1v) is 8.02. The minimum Gasteiger partial charge on any atom is -0.373 e. The van der Waals surface area contributed by atoms with E-state index in [0.29, 0.717) is 12.2 Å². The van der Waals surface area contributed by atoms with Crippen LogP contribution in [0, 0.1) is 11.3 Å². The van der Waals surface area contributed by atoms with Crippen LogP contribution in [0.3, 0.4) is 0 Å². The molecular weight excluding hydrogens is 284 g/mol. The minimum absolute atomic E-state index is 0.243. The van der Waals surface area contributed by atoms with E-state index in [4.69, 9.17) is 10.00 Å². The molecule has 1 aliphatic carbocycles. The number of aromatic nitrogens is 1. The highest BCUT2D eigenvalue weighted by atomic mass is 16.5. The maximum atomic E-state index is 9.12. The number of rotatable bonds is 3.